The van der Waals surface area contributed by atoms with Crippen LogP contribution in [0.2, 0.25) is 0 Å². The molecule has 5 heteroatoms. The maximum Gasteiger partial charge on any atom is 0.151 e. The lowest BCUT2D eigenvalue weighted by Crippen LogP contribution is -2.47. The number of sulfone groups is 1. The minimum atomic E-state index is -2.78. The normalized spacial score (nSPS) is 31.5. The molecular formula is C12H24N2O2S. The molecule has 2 heterocycles. The topological polar surface area (TPSA) is 49.4 Å². The summed E-state index contributed by atoms with van der Waals surface area (Å²) < 4.78 is 23.1. The fourth-order valence-electron chi connectivity index (χ4n) is 2.96. The van der Waals surface area contributed by atoms with Gasteiger partial charge in [-0.05, 0) is 45.7 Å². The van der Waals surface area contributed by atoms with E-state index in [-0.39, 0.29) is 6.04 Å². The van der Waals surface area contributed by atoms with Crippen molar-refractivity contribution in [2.75, 3.05) is 31.1 Å². The van der Waals surface area contributed by atoms with Crippen LogP contribution in [0.3, 0.4) is 0 Å². The first-order valence-electron chi connectivity index (χ1n) is 6.74. The molecule has 0 bridgehead atoms. The van der Waals surface area contributed by atoms with Gasteiger partial charge in [-0.25, -0.2) is 8.42 Å². The van der Waals surface area contributed by atoms with Crippen LogP contribution in [-0.2, 0) is 9.84 Å². The Bertz CT molecular complexity index is 336. The van der Waals surface area contributed by atoms with Crippen LogP contribution in [0.15, 0.2) is 0 Å². The Morgan fingerprint density at radius 3 is 2.65 bits per heavy atom. The Kier molecular flexibility index (Phi) is 4.44. The van der Waals surface area contributed by atoms with E-state index in [1.807, 2.05) is 0 Å². The highest BCUT2D eigenvalue weighted by Crippen LogP contribution is 2.13. The van der Waals surface area contributed by atoms with Gasteiger partial charge >= 0.3 is 0 Å². The highest BCUT2D eigenvalue weighted by atomic mass is 32.2. The molecule has 0 radical (unpaired) electrons. The molecule has 2 aliphatic rings. The van der Waals surface area contributed by atoms with Gasteiger partial charge in [0.2, 0.25) is 0 Å². The summed E-state index contributed by atoms with van der Waals surface area (Å²) in [6.07, 6.45) is 4.44. The predicted molar refractivity (Wildman–Crippen MR) is 69.9 cm³/mol. The number of nitrogens with one attached hydrogen (secondary N) is 1. The Morgan fingerprint density at radius 2 is 2.00 bits per heavy atom. The highest BCUT2D eigenvalue weighted by molar-refractivity contribution is 7.91. The summed E-state index contributed by atoms with van der Waals surface area (Å²) in [5.74, 6) is 0.711. The standard InChI is InChI=1S/C12H24N2O2S/c1-11(9-14-6-2-3-7-14)13-12-5-4-8-17(15,16)10-12/h11-13H,2-10H2,1H3. The van der Waals surface area contributed by atoms with Gasteiger partial charge in [0.15, 0.2) is 9.84 Å². The zero-order chi connectivity index (χ0) is 12.3. The summed E-state index contributed by atoms with van der Waals surface area (Å²) in [5, 5.41) is 3.48. The van der Waals surface area contributed by atoms with Crippen molar-refractivity contribution in [2.45, 2.75) is 44.7 Å². The number of nitrogens with zero attached hydrogens (tertiary/aromatic N) is 1. The van der Waals surface area contributed by atoms with Crippen molar-refractivity contribution in [1.29, 1.82) is 0 Å². The van der Waals surface area contributed by atoms with E-state index in [0.29, 0.717) is 17.5 Å². The zero-order valence-corrected chi connectivity index (χ0v) is 11.5. The molecule has 0 spiro atoms. The number of likely N-dealkylation sites (tertiary alicyclic amines) is 1. The fraction of sp³-hybridized carbons (Fsp3) is 1.00. The summed E-state index contributed by atoms with van der Waals surface area (Å²) in [6.45, 7) is 5.63. The second kappa shape index (κ2) is 5.67. The summed E-state index contributed by atoms with van der Waals surface area (Å²) in [7, 11) is -2.78. The first-order valence-corrected chi connectivity index (χ1v) is 8.56. The second-order valence-corrected chi connectivity index (χ2v) is 7.76. The monoisotopic (exact) mass is 260 g/mol. The predicted octanol–water partition coefficient (Wildman–Crippen LogP) is 0.638. The Labute approximate surface area is 105 Å². The Morgan fingerprint density at radius 1 is 1.29 bits per heavy atom. The van der Waals surface area contributed by atoms with E-state index in [1.165, 1.54) is 25.9 Å². The Hall–Kier alpha value is -0.130. The van der Waals surface area contributed by atoms with E-state index >= 15 is 0 Å². The third kappa shape index (κ3) is 4.23. The van der Waals surface area contributed by atoms with Crippen LogP contribution >= 0.6 is 0 Å². The average molecular weight is 260 g/mol. The summed E-state index contributed by atoms with van der Waals surface area (Å²) in [5.41, 5.74) is 0. The molecule has 4 nitrogen and oxygen atoms in total. The Balaban J connectivity index is 1.75. The lowest BCUT2D eigenvalue weighted by atomic mass is 10.1. The van der Waals surface area contributed by atoms with E-state index in [2.05, 4.69) is 17.1 Å². The van der Waals surface area contributed by atoms with Crippen molar-refractivity contribution in [3.05, 3.63) is 0 Å². The molecule has 2 aliphatic heterocycles. The van der Waals surface area contributed by atoms with E-state index in [1.54, 1.807) is 0 Å². The third-order valence-electron chi connectivity index (χ3n) is 3.71. The van der Waals surface area contributed by atoms with Gasteiger partial charge in [0.05, 0.1) is 11.5 Å². The van der Waals surface area contributed by atoms with Crippen LogP contribution in [0, 0.1) is 0 Å². The number of rotatable bonds is 4. The highest BCUT2D eigenvalue weighted by Gasteiger charge is 2.26. The van der Waals surface area contributed by atoms with Crippen molar-refractivity contribution in [3.63, 3.8) is 0 Å². The second-order valence-electron chi connectivity index (χ2n) is 5.53. The minimum Gasteiger partial charge on any atom is -0.309 e. The molecule has 0 aromatic rings. The van der Waals surface area contributed by atoms with Gasteiger partial charge in [-0.2, -0.15) is 0 Å². The molecule has 0 aromatic carbocycles. The van der Waals surface area contributed by atoms with E-state index in [4.69, 9.17) is 0 Å². The summed E-state index contributed by atoms with van der Waals surface area (Å²) >= 11 is 0. The van der Waals surface area contributed by atoms with Crippen LogP contribution in [-0.4, -0.2) is 56.5 Å². The van der Waals surface area contributed by atoms with Gasteiger partial charge in [-0.1, -0.05) is 0 Å². The van der Waals surface area contributed by atoms with Crippen molar-refractivity contribution < 1.29 is 8.42 Å². The van der Waals surface area contributed by atoms with Crippen LogP contribution in [0.5, 0.6) is 0 Å². The van der Waals surface area contributed by atoms with Crippen LogP contribution in [0.4, 0.5) is 0 Å². The van der Waals surface area contributed by atoms with Gasteiger partial charge in [-0.3, -0.25) is 0 Å². The lowest BCUT2D eigenvalue weighted by Gasteiger charge is -2.28. The molecule has 1 N–H and O–H groups in total. The van der Waals surface area contributed by atoms with Gasteiger partial charge in [0.25, 0.3) is 0 Å². The van der Waals surface area contributed by atoms with Crippen molar-refractivity contribution in [2.24, 2.45) is 0 Å². The van der Waals surface area contributed by atoms with Crippen molar-refractivity contribution in [3.8, 4) is 0 Å². The molecule has 2 atom stereocenters. The fourth-order valence-corrected chi connectivity index (χ4v) is 4.61. The summed E-state index contributed by atoms with van der Waals surface area (Å²) in [4.78, 5) is 2.47. The first-order chi connectivity index (χ1) is 8.05. The maximum absolute atomic E-state index is 11.5. The lowest BCUT2D eigenvalue weighted by molar-refractivity contribution is 0.285. The molecule has 2 unspecified atom stereocenters. The molecule has 2 fully saturated rings. The molecule has 0 aliphatic carbocycles. The maximum atomic E-state index is 11.5. The average Bonchev–Trinajstić information content (AvgIpc) is 2.68. The molecule has 0 aromatic heterocycles. The molecule has 0 amide bonds. The van der Waals surface area contributed by atoms with E-state index in [9.17, 15) is 8.42 Å². The third-order valence-corrected chi connectivity index (χ3v) is 5.53. The molecule has 2 rings (SSSR count). The smallest absolute Gasteiger partial charge is 0.151 e. The van der Waals surface area contributed by atoms with Crippen molar-refractivity contribution >= 4 is 9.84 Å². The van der Waals surface area contributed by atoms with Gasteiger partial charge in [0, 0.05) is 18.6 Å². The largest absolute Gasteiger partial charge is 0.309 e. The number of hydrogen-bond acceptors (Lipinski definition) is 4. The first kappa shape index (κ1) is 13.3. The van der Waals surface area contributed by atoms with Crippen LogP contribution in [0.25, 0.3) is 0 Å². The molecule has 17 heavy (non-hydrogen) atoms. The van der Waals surface area contributed by atoms with Crippen molar-refractivity contribution in [1.82, 2.24) is 10.2 Å². The minimum absolute atomic E-state index is 0.173. The van der Waals surface area contributed by atoms with Gasteiger partial charge in [-0.15, -0.1) is 0 Å². The van der Waals surface area contributed by atoms with Gasteiger partial charge in [0.1, 0.15) is 0 Å². The molecule has 0 saturated carbocycles. The van der Waals surface area contributed by atoms with E-state index in [0.717, 1.165) is 19.4 Å². The molecular weight excluding hydrogens is 236 g/mol. The molecule has 100 valence electrons. The number of hydrogen-bond donors (Lipinski definition) is 1. The van der Waals surface area contributed by atoms with Crippen LogP contribution < -0.4 is 5.32 Å². The zero-order valence-electron chi connectivity index (χ0n) is 10.7. The SMILES string of the molecule is CC(CN1CCCC1)NC1CCCS(=O)(=O)C1. The quantitative estimate of drug-likeness (QED) is 0.806. The van der Waals surface area contributed by atoms with Crippen LogP contribution in [0.1, 0.15) is 32.6 Å². The summed E-state index contributed by atoms with van der Waals surface area (Å²) in [6, 6.07) is 0.567. The molecule has 2 saturated heterocycles. The van der Waals surface area contributed by atoms with E-state index < -0.39 is 9.84 Å². The van der Waals surface area contributed by atoms with Gasteiger partial charge < -0.3 is 10.2 Å².